The molecule has 1 aromatic rings. The summed E-state index contributed by atoms with van der Waals surface area (Å²) >= 11 is 0. The summed E-state index contributed by atoms with van der Waals surface area (Å²) in [5.41, 5.74) is 5.54. The van der Waals surface area contributed by atoms with E-state index in [1.165, 1.54) is 6.92 Å². The number of ketones is 1. The van der Waals surface area contributed by atoms with Crippen molar-refractivity contribution >= 4 is 5.78 Å². The molecule has 0 saturated carbocycles. The van der Waals surface area contributed by atoms with Crippen LogP contribution < -0.4 is 5.73 Å². The molecule has 0 radical (unpaired) electrons. The number of nitrogens with zero attached hydrogens (tertiary/aromatic N) is 1. The van der Waals surface area contributed by atoms with E-state index in [2.05, 4.69) is 0 Å². The molecule has 0 bridgehead atoms. The summed E-state index contributed by atoms with van der Waals surface area (Å²) in [4.78, 5) is 10.7. The minimum Gasteiger partial charge on any atom is -0.352 e. The second kappa shape index (κ2) is 3.34. The number of Topliss-reactive ketones (excluding diaryl/α,β-unsaturated/α-hetero) is 1. The number of hydrogen-bond acceptors (Lipinski definition) is 2. The summed E-state index contributed by atoms with van der Waals surface area (Å²) in [7, 11) is 0. The Morgan fingerprint density at radius 1 is 1.55 bits per heavy atom. The van der Waals surface area contributed by atoms with Crippen molar-refractivity contribution in [1.82, 2.24) is 4.57 Å². The summed E-state index contributed by atoms with van der Waals surface area (Å²) < 4.78 is 1.89. The van der Waals surface area contributed by atoms with Crippen LogP contribution in [0.25, 0.3) is 0 Å². The van der Waals surface area contributed by atoms with Gasteiger partial charge in [0, 0.05) is 18.9 Å². The summed E-state index contributed by atoms with van der Waals surface area (Å²) in [5, 5.41) is 0. The smallest absolute Gasteiger partial charge is 0.148 e. The fraction of sp³-hybridized carbons (Fsp3) is 0.375. The molecule has 0 fully saturated rings. The molecular formula is C8H12N2O. The summed E-state index contributed by atoms with van der Waals surface area (Å²) in [6, 6.07) is 3.45. The molecule has 1 rings (SSSR count). The molecule has 1 heterocycles. The third kappa shape index (κ3) is 2.20. The van der Waals surface area contributed by atoms with Crippen LogP contribution in [0, 0.1) is 0 Å². The van der Waals surface area contributed by atoms with E-state index in [0.29, 0.717) is 6.54 Å². The van der Waals surface area contributed by atoms with Gasteiger partial charge in [-0.2, -0.15) is 0 Å². The first-order valence-electron chi connectivity index (χ1n) is 3.57. The van der Waals surface area contributed by atoms with Crippen LogP contribution in [0.1, 0.15) is 6.92 Å². The van der Waals surface area contributed by atoms with Crippen molar-refractivity contribution in [3.8, 4) is 0 Å². The molecule has 11 heavy (non-hydrogen) atoms. The van der Waals surface area contributed by atoms with E-state index in [4.69, 9.17) is 5.73 Å². The zero-order valence-corrected chi connectivity index (χ0v) is 6.53. The van der Waals surface area contributed by atoms with E-state index in [1.54, 1.807) is 0 Å². The second-order valence-corrected chi connectivity index (χ2v) is 2.60. The van der Waals surface area contributed by atoms with Crippen molar-refractivity contribution < 1.29 is 4.79 Å². The van der Waals surface area contributed by atoms with Crippen LogP contribution in [0.2, 0.25) is 0 Å². The maximum atomic E-state index is 10.7. The quantitative estimate of drug-likeness (QED) is 0.681. The van der Waals surface area contributed by atoms with Crippen LogP contribution in [0.15, 0.2) is 24.5 Å². The highest BCUT2D eigenvalue weighted by atomic mass is 16.1. The largest absolute Gasteiger partial charge is 0.352 e. The molecule has 0 aliphatic carbocycles. The normalized spacial score (nSPS) is 12.9. The Bertz CT molecular complexity index is 228. The van der Waals surface area contributed by atoms with E-state index in [1.807, 2.05) is 29.1 Å². The molecule has 0 amide bonds. The molecule has 3 heteroatoms. The van der Waals surface area contributed by atoms with Crippen LogP contribution in [-0.2, 0) is 11.3 Å². The standard InChI is InChI=1S/C8H12N2O/c1-7(11)8(9)6-10-4-2-3-5-10/h2-5,8H,6,9H2,1H3. The molecule has 0 aliphatic rings. The van der Waals surface area contributed by atoms with Crippen LogP contribution in [-0.4, -0.2) is 16.4 Å². The molecule has 0 saturated heterocycles. The highest BCUT2D eigenvalue weighted by molar-refractivity contribution is 5.80. The summed E-state index contributed by atoms with van der Waals surface area (Å²) in [5.74, 6) is 0.0266. The molecule has 1 atom stereocenters. The molecule has 60 valence electrons. The number of hydrogen-bond donors (Lipinski definition) is 1. The number of carbonyl (C=O) groups excluding carboxylic acids is 1. The Morgan fingerprint density at radius 2 is 2.09 bits per heavy atom. The van der Waals surface area contributed by atoms with Gasteiger partial charge in [0.2, 0.25) is 0 Å². The molecule has 1 aromatic heterocycles. The van der Waals surface area contributed by atoms with Gasteiger partial charge in [0.15, 0.2) is 0 Å². The number of aromatic nitrogens is 1. The minimum atomic E-state index is -0.373. The van der Waals surface area contributed by atoms with Crippen molar-refractivity contribution in [2.75, 3.05) is 0 Å². The van der Waals surface area contributed by atoms with Crippen molar-refractivity contribution in [1.29, 1.82) is 0 Å². The lowest BCUT2D eigenvalue weighted by Crippen LogP contribution is -2.32. The third-order valence-corrected chi connectivity index (χ3v) is 1.60. The Balaban J connectivity index is 2.50. The zero-order valence-electron chi connectivity index (χ0n) is 6.53. The van der Waals surface area contributed by atoms with Gasteiger partial charge in [0.25, 0.3) is 0 Å². The van der Waals surface area contributed by atoms with E-state index < -0.39 is 0 Å². The van der Waals surface area contributed by atoms with Crippen LogP contribution in [0.5, 0.6) is 0 Å². The average Bonchev–Trinajstić information content (AvgIpc) is 2.39. The summed E-state index contributed by atoms with van der Waals surface area (Å²) in [6.45, 7) is 2.08. The number of nitrogens with two attached hydrogens (primary N) is 1. The first-order chi connectivity index (χ1) is 5.20. The Kier molecular flexibility index (Phi) is 2.44. The van der Waals surface area contributed by atoms with Crippen LogP contribution >= 0.6 is 0 Å². The topological polar surface area (TPSA) is 48.0 Å². The van der Waals surface area contributed by atoms with Gasteiger partial charge in [-0.1, -0.05) is 0 Å². The average molecular weight is 152 g/mol. The number of carbonyl (C=O) groups is 1. The lowest BCUT2D eigenvalue weighted by molar-refractivity contribution is -0.118. The van der Waals surface area contributed by atoms with E-state index >= 15 is 0 Å². The van der Waals surface area contributed by atoms with Gasteiger partial charge in [-0.25, -0.2) is 0 Å². The van der Waals surface area contributed by atoms with Gasteiger partial charge in [-0.05, 0) is 19.1 Å². The third-order valence-electron chi connectivity index (χ3n) is 1.60. The highest BCUT2D eigenvalue weighted by Gasteiger charge is 2.06. The van der Waals surface area contributed by atoms with Gasteiger partial charge >= 0.3 is 0 Å². The molecule has 0 spiro atoms. The van der Waals surface area contributed by atoms with E-state index in [-0.39, 0.29) is 11.8 Å². The molecule has 3 nitrogen and oxygen atoms in total. The maximum absolute atomic E-state index is 10.7. The van der Waals surface area contributed by atoms with Crippen LogP contribution in [0.3, 0.4) is 0 Å². The van der Waals surface area contributed by atoms with Gasteiger partial charge in [-0.15, -0.1) is 0 Å². The van der Waals surface area contributed by atoms with Crippen LogP contribution in [0.4, 0.5) is 0 Å². The predicted octanol–water partition coefficient (Wildman–Crippen LogP) is 0.404. The van der Waals surface area contributed by atoms with Crippen molar-refractivity contribution in [3.05, 3.63) is 24.5 Å². The SMILES string of the molecule is CC(=O)C(N)Cn1cccc1. The molecule has 2 N–H and O–H groups in total. The lowest BCUT2D eigenvalue weighted by atomic mass is 10.2. The monoisotopic (exact) mass is 152 g/mol. The molecule has 0 aliphatic heterocycles. The molecule has 1 unspecified atom stereocenters. The lowest BCUT2D eigenvalue weighted by Gasteiger charge is -2.07. The highest BCUT2D eigenvalue weighted by Crippen LogP contribution is 1.92. The van der Waals surface area contributed by atoms with Crippen molar-refractivity contribution in [3.63, 3.8) is 0 Å². The van der Waals surface area contributed by atoms with Gasteiger partial charge in [0.1, 0.15) is 5.78 Å². The van der Waals surface area contributed by atoms with Crippen molar-refractivity contribution in [2.45, 2.75) is 19.5 Å². The maximum Gasteiger partial charge on any atom is 0.148 e. The first-order valence-corrected chi connectivity index (χ1v) is 3.57. The molecule has 0 aromatic carbocycles. The fourth-order valence-corrected chi connectivity index (χ4v) is 0.848. The minimum absolute atomic E-state index is 0.0266. The molecular weight excluding hydrogens is 140 g/mol. The fourth-order valence-electron chi connectivity index (χ4n) is 0.848. The van der Waals surface area contributed by atoms with Crippen molar-refractivity contribution in [2.24, 2.45) is 5.73 Å². The van der Waals surface area contributed by atoms with Gasteiger partial charge < -0.3 is 10.3 Å². The Hall–Kier alpha value is -1.09. The Labute approximate surface area is 65.8 Å². The Morgan fingerprint density at radius 3 is 2.55 bits per heavy atom. The van der Waals surface area contributed by atoms with Gasteiger partial charge in [-0.3, -0.25) is 4.79 Å². The first kappa shape index (κ1) is 8.01. The van der Waals surface area contributed by atoms with E-state index in [0.717, 1.165) is 0 Å². The van der Waals surface area contributed by atoms with E-state index in [9.17, 15) is 4.79 Å². The second-order valence-electron chi connectivity index (χ2n) is 2.60. The van der Waals surface area contributed by atoms with Gasteiger partial charge in [0.05, 0.1) is 6.04 Å². The summed E-state index contributed by atoms with van der Waals surface area (Å²) in [6.07, 6.45) is 3.78. The number of rotatable bonds is 3. The zero-order chi connectivity index (χ0) is 8.27. The predicted molar refractivity (Wildman–Crippen MR) is 43.1 cm³/mol.